The summed E-state index contributed by atoms with van der Waals surface area (Å²) in [5.41, 5.74) is -0.657. The van der Waals surface area contributed by atoms with Crippen molar-refractivity contribution in [2.75, 3.05) is 0 Å². The zero-order valence-corrected chi connectivity index (χ0v) is 12.8. The molecule has 0 aliphatic heterocycles. The van der Waals surface area contributed by atoms with Gasteiger partial charge in [0.1, 0.15) is 0 Å². The number of hydrogen-bond donors (Lipinski definition) is 2. The van der Waals surface area contributed by atoms with Gasteiger partial charge < -0.3 is 10.2 Å². The standard InChI is InChI=1S/C10H9NO5.C7H8/c1-6-7(8(13)14)3-2-4-10(6,9(15)16)11-5-12;1-7-5-3-2-4-6-7/h2-4,6H,1H3,(H,13,14)(H,15,16);2-6H,1H3. The molecule has 2 atom stereocenters. The lowest BCUT2D eigenvalue weighted by Gasteiger charge is -2.29. The van der Waals surface area contributed by atoms with Crippen molar-refractivity contribution in [3.63, 3.8) is 0 Å². The Balaban J connectivity index is 0.000000313. The van der Waals surface area contributed by atoms with Crippen LogP contribution in [0.2, 0.25) is 0 Å². The van der Waals surface area contributed by atoms with Crippen molar-refractivity contribution in [3.8, 4) is 0 Å². The van der Waals surface area contributed by atoms with Gasteiger partial charge in [-0.3, -0.25) is 0 Å². The molecular weight excluding hydrogens is 298 g/mol. The minimum atomic E-state index is -1.87. The average Bonchev–Trinajstić information content (AvgIpc) is 2.50. The maximum atomic E-state index is 11.1. The molecular formula is C17H17NO5. The van der Waals surface area contributed by atoms with E-state index in [2.05, 4.69) is 24.0 Å². The second kappa shape index (κ2) is 7.87. The van der Waals surface area contributed by atoms with E-state index in [1.54, 1.807) is 0 Å². The van der Waals surface area contributed by atoms with Crippen LogP contribution >= 0.6 is 0 Å². The largest absolute Gasteiger partial charge is 0.479 e. The van der Waals surface area contributed by atoms with Gasteiger partial charge in [-0.2, -0.15) is 4.99 Å². The zero-order chi connectivity index (χ0) is 17.5. The van der Waals surface area contributed by atoms with Crippen LogP contribution in [0.1, 0.15) is 12.5 Å². The third kappa shape index (κ3) is 4.25. The van der Waals surface area contributed by atoms with Gasteiger partial charge in [0.25, 0.3) is 0 Å². The van der Waals surface area contributed by atoms with Gasteiger partial charge in [0, 0.05) is 11.5 Å². The summed E-state index contributed by atoms with van der Waals surface area (Å²) in [7, 11) is 0. The van der Waals surface area contributed by atoms with Gasteiger partial charge in [-0.1, -0.05) is 55.0 Å². The Bertz CT molecular complexity index is 682. The molecule has 0 saturated heterocycles. The Hall–Kier alpha value is -2.98. The Morgan fingerprint density at radius 1 is 1.22 bits per heavy atom. The molecule has 0 fully saturated rings. The fourth-order valence-corrected chi connectivity index (χ4v) is 2.13. The Labute approximate surface area is 133 Å². The molecule has 0 spiro atoms. The van der Waals surface area contributed by atoms with E-state index in [-0.39, 0.29) is 5.57 Å². The monoisotopic (exact) mass is 315 g/mol. The molecule has 6 heteroatoms. The lowest BCUT2D eigenvalue weighted by atomic mass is 9.77. The number of aryl methyl sites for hydroxylation is 1. The van der Waals surface area contributed by atoms with Crippen LogP contribution in [-0.2, 0) is 14.4 Å². The molecule has 6 nitrogen and oxygen atoms in total. The molecule has 120 valence electrons. The van der Waals surface area contributed by atoms with Gasteiger partial charge in [0.2, 0.25) is 6.08 Å². The van der Waals surface area contributed by atoms with E-state index < -0.39 is 23.4 Å². The smallest absolute Gasteiger partial charge is 0.337 e. The second-order valence-corrected chi connectivity index (χ2v) is 5.00. The molecule has 2 N–H and O–H groups in total. The first-order valence-electron chi connectivity index (χ1n) is 6.82. The number of carboxylic acids is 2. The summed E-state index contributed by atoms with van der Waals surface area (Å²) in [6.07, 6.45) is 4.90. The SMILES string of the molecule is CC1C(C(=O)O)=CC=CC1(N=C=O)C(=O)O.Cc1ccccc1. The van der Waals surface area contributed by atoms with Crippen LogP contribution in [-0.4, -0.2) is 33.8 Å². The topological polar surface area (TPSA) is 104 Å². The van der Waals surface area contributed by atoms with Gasteiger partial charge in [0.15, 0.2) is 5.54 Å². The highest BCUT2D eigenvalue weighted by Gasteiger charge is 2.46. The first-order valence-corrected chi connectivity index (χ1v) is 6.82. The van der Waals surface area contributed by atoms with Crippen molar-refractivity contribution in [1.82, 2.24) is 0 Å². The van der Waals surface area contributed by atoms with Gasteiger partial charge in [-0.25, -0.2) is 14.4 Å². The second-order valence-electron chi connectivity index (χ2n) is 5.00. The fourth-order valence-electron chi connectivity index (χ4n) is 2.13. The van der Waals surface area contributed by atoms with Crippen molar-refractivity contribution in [2.45, 2.75) is 19.4 Å². The summed E-state index contributed by atoms with van der Waals surface area (Å²) < 4.78 is 0. The van der Waals surface area contributed by atoms with E-state index in [1.807, 2.05) is 18.2 Å². The summed E-state index contributed by atoms with van der Waals surface area (Å²) in [5.74, 6) is -3.55. The lowest BCUT2D eigenvalue weighted by Crippen LogP contribution is -2.44. The van der Waals surface area contributed by atoms with E-state index in [9.17, 15) is 14.4 Å². The number of carboxylic acid groups (broad SMARTS) is 2. The minimum Gasteiger partial charge on any atom is -0.479 e. The highest BCUT2D eigenvalue weighted by atomic mass is 16.4. The number of nitrogens with zero attached hydrogens (tertiary/aromatic N) is 1. The fraction of sp³-hybridized carbons (Fsp3) is 0.235. The number of rotatable bonds is 3. The van der Waals surface area contributed by atoms with Crippen LogP contribution in [0.25, 0.3) is 0 Å². The van der Waals surface area contributed by atoms with Crippen LogP contribution in [0.3, 0.4) is 0 Å². The van der Waals surface area contributed by atoms with Crippen molar-refractivity contribution >= 4 is 18.0 Å². The summed E-state index contributed by atoms with van der Waals surface area (Å²) in [6, 6.07) is 10.3. The van der Waals surface area contributed by atoms with Crippen molar-refractivity contribution in [1.29, 1.82) is 0 Å². The third-order valence-electron chi connectivity index (χ3n) is 3.51. The van der Waals surface area contributed by atoms with E-state index >= 15 is 0 Å². The Morgan fingerprint density at radius 2 is 1.83 bits per heavy atom. The van der Waals surface area contributed by atoms with E-state index in [0.29, 0.717) is 0 Å². The summed E-state index contributed by atoms with van der Waals surface area (Å²) >= 11 is 0. The van der Waals surface area contributed by atoms with E-state index in [1.165, 1.54) is 36.8 Å². The molecule has 0 bridgehead atoms. The molecule has 0 aromatic heterocycles. The van der Waals surface area contributed by atoms with Gasteiger partial charge in [-0.15, -0.1) is 0 Å². The first kappa shape index (κ1) is 18.1. The van der Waals surface area contributed by atoms with Crippen molar-refractivity contribution in [3.05, 3.63) is 59.7 Å². The number of aliphatic carboxylic acids is 2. The molecule has 0 saturated carbocycles. The molecule has 2 unspecified atom stereocenters. The highest BCUT2D eigenvalue weighted by Crippen LogP contribution is 2.33. The van der Waals surface area contributed by atoms with E-state index in [0.717, 1.165) is 0 Å². The Kier molecular flexibility index (Phi) is 6.18. The minimum absolute atomic E-state index is 0.107. The van der Waals surface area contributed by atoms with Gasteiger partial charge in [-0.05, 0) is 13.0 Å². The number of isocyanates is 1. The van der Waals surface area contributed by atoms with Crippen LogP contribution in [0.5, 0.6) is 0 Å². The molecule has 2 rings (SSSR count). The van der Waals surface area contributed by atoms with Crippen molar-refractivity contribution < 1.29 is 24.6 Å². The normalized spacial score (nSPS) is 22.0. The molecule has 1 aromatic carbocycles. The molecule has 0 radical (unpaired) electrons. The molecule has 0 heterocycles. The number of carbonyl (C=O) groups excluding carboxylic acids is 1. The number of aliphatic imine (C=N–C) groups is 1. The Morgan fingerprint density at radius 3 is 2.22 bits per heavy atom. The maximum Gasteiger partial charge on any atom is 0.337 e. The third-order valence-corrected chi connectivity index (χ3v) is 3.51. The predicted octanol–water partition coefficient (Wildman–Crippen LogP) is 2.36. The first-order chi connectivity index (χ1) is 10.8. The average molecular weight is 315 g/mol. The molecule has 1 aromatic rings. The zero-order valence-electron chi connectivity index (χ0n) is 12.8. The summed E-state index contributed by atoms with van der Waals surface area (Å²) in [4.78, 5) is 35.4. The van der Waals surface area contributed by atoms with Crippen LogP contribution in [0.4, 0.5) is 0 Å². The molecule has 0 amide bonds. The molecule has 1 aliphatic rings. The van der Waals surface area contributed by atoms with Gasteiger partial charge in [0.05, 0.1) is 0 Å². The van der Waals surface area contributed by atoms with Crippen LogP contribution < -0.4 is 0 Å². The highest BCUT2D eigenvalue weighted by molar-refractivity contribution is 5.93. The van der Waals surface area contributed by atoms with Crippen LogP contribution in [0.15, 0.2) is 59.1 Å². The van der Waals surface area contributed by atoms with Crippen LogP contribution in [0, 0.1) is 12.8 Å². The molecule has 23 heavy (non-hydrogen) atoms. The number of carbonyl (C=O) groups is 2. The number of benzene rings is 1. The lowest BCUT2D eigenvalue weighted by molar-refractivity contribution is -0.143. The summed E-state index contributed by atoms with van der Waals surface area (Å²) in [5, 5.41) is 17.9. The van der Waals surface area contributed by atoms with Crippen molar-refractivity contribution in [2.24, 2.45) is 10.9 Å². The maximum absolute atomic E-state index is 11.1. The number of allylic oxidation sites excluding steroid dienone is 2. The predicted molar refractivity (Wildman–Crippen MR) is 83.7 cm³/mol. The van der Waals surface area contributed by atoms with E-state index in [4.69, 9.17) is 10.2 Å². The summed E-state index contributed by atoms with van der Waals surface area (Å²) in [6.45, 7) is 3.47. The van der Waals surface area contributed by atoms with Gasteiger partial charge >= 0.3 is 11.9 Å². The quantitative estimate of drug-likeness (QED) is 0.658. The molecule has 1 aliphatic carbocycles. The number of hydrogen-bond acceptors (Lipinski definition) is 4.